The van der Waals surface area contributed by atoms with Crippen LogP contribution >= 0.6 is 0 Å². The minimum Gasteiger partial charge on any atom is -0.366 e. The lowest BCUT2D eigenvalue weighted by Gasteiger charge is -2.14. The zero-order valence-corrected chi connectivity index (χ0v) is 7.53. The van der Waals surface area contributed by atoms with Gasteiger partial charge in [-0.1, -0.05) is 19.1 Å². The third kappa shape index (κ3) is 1.67. The molecular formula is C10H13FO2. The van der Waals surface area contributed by atoms with E-state index in [-0.39, 0.29) is 17.8 Å². The largest absolute Gasteiger partial charge is 0.366 e. The standard InChI is InChI=1S/C10H13FO2/c1-6(9-10(12)13-9)7-4-2-3-5-8(7)11/h2,4,6,9-10,12H,3,5H2,1H3. The fraction of sp³-hybridized carbons (Fsp3) is 0.600. The van der Waals surface area contributed by atoms with E-state index in [1.807, 2.05) is 13.0 Å². The smallest absolute Gasteiger partial charge is 0.182 e. The molecule has 3 unspecified atom stereocenters. The van der Waals surface area contributed by atoms with E-state index in [9.17, 15) is 4.39 Å². The van der Waals surface area contributed by atoms with Crippen LogP contribution in [0.3, 0.4) is 0 Å². The van der Waals surface area contributed by atoms with E-state index >= 15 is 0 Å². The molecule has 0 radical (unpaired) electrons. The molecule has 1 aliphatic heterocycles. The molecule has 0 bridgehead atoms. The van der Waals surface area contributed by atoms with Crippen LogP contribution in [-0.2, 0) is 4.74 Å². The fourth-order valence-electron chi connectivity index (χ4n) is 1.71. The van der Waals surface area contributed by atoms with E-state index < -0.39 is 6.29 Å². The number of hydrogen-bond acceptors (Lipinski definition) is 2. The van der Waals surface area contributed by atoms with Crippen molar-refractivity contribution in [2.45, 2.75) is 32.2 Å². The van der Waals surface area contributed by atoms with Crippen molar-refractivity contribution in [3.63, 3.8) is 0 Å². The molecular weight excluding hydrogens is 171 g/mol. The van der Waals surface area contributed by atoms with Crippen molar-refractivity contribution in [3.05, 3.63) is 23.6 Å². The van der Waals surface area contributed by atoms with Gasteiger partial charge in [0.25, 0.3) is 0 Å². The van der Waals surface area contributed by atoms with Crippen LogP contribution in [0.2, 0.25) is 0 Å². The highest BCUT2D eigenvalue weighted by atomic mass is 19.1. The molecule has 13 heavy (non-hydrogen) atoms. The van der Waals surface area contributed by atoms with Gasteiger partial charge in [-0.05, 0) is 12.0 Å². The van der Waals surface area contributed by atoms with Crippen LogP contribution in [0.25, 0.3) is 0 Å². The summed E-state index contributed by atoms with van der Waals surface area (Å²) in [6, 6.07) is 0. The van der Waals surface area contributed by atoms with Crippen molar-refractivity contribution in [1.29, 1.82) is 0 Å². The molecule has 1 fully saturated rings. The molecule has 2 rings (SSSR count). The predicted molar refractivity (Wildman–Crippen MR) is 46.6 cm³/mol. The Morgan fingerprint density at radius 2 is 2.38 bits per heavy atom. The van der Waals surface area contributed by atoms with Crippen molar-refractivity contribution in [1.82, 2.24) is 0 Å². The van der Waals surface area contributed by atoms with Crippen molar-refractivity contribution in [2.75, 3.05) is 0 Å². The lowest BCUT2D eigenvalue weighted by Crippen LogP contribution is -2.11. The zero-order valence-electron chi connectivity index (χ0n) is 7.53. The van der Waals surface area contributed by atoms with Crippen LogP contribution < -0.4 is 0 Å². The Bertz CT molecular complexity index is 270. The first-order chi connectivity index (χ1) is 6.20. The average Bonchev–Trinajstić information content (AvgIpc) is 2.82. The molecule has 2 nitrogen and oxygen atoms in total. The number of ether oxygens (including phenoxy) is 1. The van der Waals surface area contributed by atoms with Gasteiger partial charge in [-0.3, -0.25) is 0 Å². The summed E-state index contributed by atoms with van der Waals surface area (Å²) >= 11 is 0. The molecule has 1 aliphatic carbocycles. The maximum atomic E-state index is 13.3. The first-order valence-corrected chi connectivity index (χ1v) is 4.59. The number of hydrogen-bond donors (Lipinski definition) is 1. The summed E-state index contributed by atoms with van der Waals surface area (Å²) in [7, 11) is 0. The molecule has 1 heterocycles. The number of aliphatic hydroxyl groups is 1. The van der Waals surface area contributed by atoms with E-state index in [4.69, 9.17) is 9.84 Å². The summed E-state index contributed by atoms with van der Waals surface area (Å²) in [4.78, 5) is 0. The molecule has 1 saturated heterocycles. The molecule has 0 amide bonds. The topological polar surface area (TPSA) is 32.8 Å². The van der Waals surface area contributed by atoms with E-state index in [0.717, 1.165) is 6.42 Å². The highest BCUT2D eigenvalue weighted by Crippen LogP contribution is 2.36. The van der Waals surface area contributed by atoms with E-state index in [1.54, 1.807) is 6.08 Å². The number of allylic oxidation sites excluding steroid dienone is 3. The van der Waals surface area contributed by atoms with Crippen molar-refractivity contribution < 1.29 is 14.2 Å². The molecule has 0 saturated carbocycles. The number of halogens is 1. The molecule has 3 heteroatoms. The summed E-state index contributed by atoms with van der Waals surface area (Å²) in [5.41, 5.74) is 0.688. The van der Waals surface area contributed by atoms with E-state index in [0.29, 0.717) is 12.0 Å². The Balaban J connectivity index is 2.10. The van der Waals surface area contributed by atoms with Crippen molar-refractivity contribution in [2.24, 2.45) is 5.92 Å². The van der Waals surface area contributed by atoms with Gasteiger partial charge in [-0.25, -0.2) is 4.39 Å². The predicted octanol–water partition coefficient (Wildman–Crippen LogP) is 1.91. The van der Waals surface area contributed by atoms with Crippen molar-refractivity contribution >= 4 is 0 Å². The second-order valence-electron chi connectivity index (χ2n) is 3.58. The summed E-state index contributed by atoms with van der Waals surface area (Å²) in [6.45, 7) is 1.88. The third-order valence-corrected chi connectivity index (χ3v) is 2.63. The van der Waals surface area contributed by atoms with Gasteiger partial charge in [0.1, 0.15) is 11.9 Å². The Morgan fingerprint density at radius 3 is 2.92 bits per heavy atom. The zero-order chi connectivity index (χ0) is 9.42. The molecule has 0 spiro atoms. The number of aliphatic hydroxyl groups excluding tert-OH is 1. The second kappa shape index (κ2) is 3.24. The van der Waals surface area contributed by atoms with Crippen LogP contribution in [0.15, 0.2) is 23.6 Å². The lowest BCUT2D eigenvalue weighted by molar-refractivity contribution is 0.155. The normalized spacial score (nSPS) is 35.0. The van der Waals surface area contributed by atoms with Crippen LogP contribution in [0.5, 0.6) is 0 Å². The summed E-state index contributed by atoms with van der Waals surface area (Å²) in [5.74, 6) is -0.0933. The van der Waals surface area contributed by atoms with Gasteiger partial charge in [0.2, 0.25) is 0 Å². The van der Waals surface area contributed by atoms with E-state index in [1.165, 1.54) is 0 Å². The maximum absolute atomic E-state index is 13.3. The van der Waals surface area contributed by atoms with Gasteiger partial charge < -0.3 is 9.84 Å². The van der Waals surface area contributed by atoms with Crippen LogP contribution in [0.1, 0.15) is 19.8 Å². The number of rotatable bonds is 2. The molecule has 0 aromatic carbocycles. The Morgan fingerprint density at radius 1 is 1.69 bits per heavy atom. The minimum absolute atomic E-state index is 0.0356. The lowest BCUT2D eigenvalue weighted by atomic mass is 9.92. The van der Waals surface area contributed by atoms with Gasteiger partial charge in [-0.15, -0.1) is 0 Å². The molecule has 1 N–H and O–H groups in total. The Kier molecular flexibility index (Phi) is 2.22. The SMILES string of the molecule is CC(C1=C(F)CCC=C1)C1OC1O. The quantitative estimate of drug-likeness (QED) is 0.665. The average molecular weight is 184 g/mol. The monoisotopic (exact) mass is 184 g/mol. The first-order valence-electron chi connectivity index (χ1n) is 4.59. The van der Waals surface area contributed by atoms with Gasteiger partial charge in [0.05, 0.1) is 0 Å². The molecule has 0 aromatic rings. The second-order valence-corrected chi connectivity index (χ2v) is 3.58. The highest BCUT2D eigenvalue weighted by Gasteiger charge is 2.43. The highest BCUT2D eigenvalue weighted by molar-refractivity contribution is 5.29. The van der Waals surface area contributed by atoms with Gasteiger partial charge in [-0.2, -0.15) is 0 Å². The molecule has 0 aromatic heterocycles. The minimum atomic E-state index is -0.689. The van der Waals surface area contributed by atoms with Crippen LogP contribution in [-0.4, -0.2) is 17.5 Å². The van der Waals surface area contributed by atoms with Crippen LogP contribution in [0.4, 0.5) is 4.39 Å². The maximum Gasteiger partial charge on any atom is 0.182 e. The van der Waals surface area contributed by atoms with Crippen LogP contribution in [0, 0.1) is 5.92 Å². The summed E-state index contributed by atoms with van der Waals surface area (Å²) in [5, 5.41) is 9.02. The molecule has 72 valence electrons. The van der Waals surface area contributed by atoms with Gasteiger partial charge in [0.15, 0.2) is 6.29 Å². The summed E-state index contributed by atoms with van der Waals surface area (Å²) in [6.07, 6.45) is 4.13. The van der Waals surface area contributed by atoms with Crippen molar-refractivity contribution in [3.8, 4) is 0 Å². The van der Waals surface area contributed by atoms with Gasteiger partial charge >= 0.3 is 0 Å². The number of epoxide rings is 1. The molecule has 2 aliphatic rings. The Labute approximate surface area is 76.7 Å². The first kappa shape index (κ1) is 8.91. The molecule has 3 atom stereocenters. The summed E-state index contributed by atoms with van der Waals surface area (Å²) < 4.78 is 18.2. The fourth-order valence-corrected chi connectivity index (χ4v) is 1.71. The third-order valence-electron chi connectivity index (χ3n) is 2.63. The van der Waals surface area contributed by atoms with E-state index in [2.05, 4.69) is 0 Å². The Hall–Kier alpha value is -0.670. The van der Waals surface area contributed by atoms with Gasteiger partial charge in [0, 0.05) is 12.3 Å².